The van der Waals surface area contributed by atoms with Crippen molar-refractivity contribution in [3.8, 4) is 5.75 Å². The van der Waals surface area contributed by atoms with Gasteiger partial charge in [-0.25, -0.2) is 4.68 Å². The number of anilines is 1. The third-order valence-corrected chi connectivity index (χ3v) is 5.93. The highest BCUT2D eigenvalue weighted by molar-refractivity contribution is 6.31. The monoisotopic (exact) mass is 469 g/mol. The predicted molar refractivity (Wildman–Crippen MR) is 129 cm³/mol. The van der Waals surface area contributed by atoms with E-state index < -0.39 is 5.91 Å². The molecule has 1 N–H and O–H groups in total. The zero-order valence-electron chi connectivity index (χ0n) is 18.7. The first kappa shape index (κ1) is 23.3. The number of carbonyl (C=O) groups excluding carboxylic acids is 1. The average Bonchev–Trinajstić information content (AvgIpc) is 3.34. The quantitative estimate of drug-likeness (QED) is 0.443. The van der Waals surface area contributed by atoms with Crippen molar-refractivity contribution in [1.29, 1.82) is 0 Å². The van der Waals surface area contributed by atoms with Gasteiger partial charge in [0, 0.05) is 23.6 Å². The SMILES string of the molecule is CCCCCn1nc(C(=O)Nc2cc(Cl)ccc2OCC2CCCO2)c2ccccc2c1=O. The van der Waals surface area contributed by atoms with E-state index in [1.807, 2.05) is 0 Å². The molecule has 1 aliphatic rings. The summed E-state index contributed by atoms with van der Waals surface area (Å²) in [5.41, 5.74) is 0.438. The van der Waals surface area contributed by atoms with E-state index in [1.54, 1.807) is 42.5 Å². The Hall–Kier alpha value is -2.90. The van der Waals surface area contributed by atoms with Gasteiger partial charge < -0.3 is 14.8 Å². The molecule has 1 fully saturated rings. The minimum absolute atomic E-state index is 0.0431. The van der Waals surface area contributed by atoms with E-state index in [9.17, 15) is 9.59 Å². The number of amides is 1. The lowest BCUT2D eigenvalue weighted by Crippen LogP contribution is -2.28. The number of unbranched alkanes of at least 4 members (excludes halogenated alkanes) is 2. The highest BCUT2D eigenvalue weighted by atomic mass is 35.5. The van der Waals surface area contributed by atoms with Crippen molar-refractivity contribution in [2.24, 2.45) is 0 Å². The van der Waals surface area contributed by atoms with Gasteiger partial charge in [0.2, 0.25) is 0 Å². The standard InChI is InChI=1S/C25H28ClN3O4/c1-2-3-6-13-29-25(31)20-10-5-4-9-19(20)23(28-29)24(30)27-21-15-17(26)11-12-22(21)33-16-18-8-7-14-32-18/h4-5,9-12,15,18H,2-3,6-8,13-14,16H2,1H3,(H,27,30). The van der Waals surface area contributed by atoms with Crippen LogP contribution < -0.4 is 15.6 Å². The fourth-order valence-electron chi connectivity index (χ4n) is 3.93. The number of hydrogen-bond donors (Lipinski definition) is 1. The zero-order chi connectivity index (χ0) is 23.2. The molecule has 0 radical (unpaired) electrons. The molecule has 2 heterocycles. The second-order valence-electron chi connectivity index (χ2n) is 8.17. The highest BCUT2D eigenvalue weighted by Gasteiger charge is 2.20. The van der Waals surface area contributed by atoms with Gasteiger partial charge in [-0.05, 0) is 43.5 Å². The van der Waals surface area contributed by atoms with Crippen molar-refractivity contribution in [3.05, 3.63) is 63.5 Å². The van der Waals surface area contributed by atoms with E-state index in [0.717, 1.165) is 38.7 Å². The summed E-state index contributed by atoms with van der Waals surface area (Å²) in [4.78, 5) is 26.2. The van der Waals surface area contributed by atoms with E-state index in [4.69, 9.17) is 21.1 Å². The number of aryl methyl sites for hydroxylation is 1. The van der Waals surface area contributed by atoms with Gasteiger partial charge in [0.1, 0.15) is 12.4 Å². The van der Waals surface area contributed by atoms with Gasteiger partial charge in [-0.3, -0.25) is 9.59 Å². The summed E-state index contributed by atoms with van der Waals surface area (Å²) in [5.74, 6) is 0.0727. The van der Waals surface area contributed by atoms with Crippen LogP contribution in [-0.4, -0.2) is 35.0 Å². The fraction of sp³-hybridized carbons (Fsp3) is 0.400. The second-order valence-corrected chi connectivity index (χ2v) is 8.61. The van der Waals surface area contributed by atoms with Crippen molar-refractivity contribution in [1.82, 2.24) is 9.78 Å². The van der Waals surface area contributed by atoms with Gasteiger partial charge in [-0.2, -0.15) is 5.10 Å². The summed E-state index contributed by atoms with van der Waals surface area (Å²) < 4.78 is 12.9. The molecular formula is C25H28ClN3O4. The molecule has 2 aromatic carbocycles. The number of nitrogens with one attached hydrogen (secondary N) is 1. The maximum Gasteiger partial charge on any atom is 0.276 e. The Bertz CT molecular complexity index is 1190. The molecule has 0 spiro atoms. The molecule has 1 saturated heterocycles. The van der Waals surface area contributed by atoms with Crippen LogP contribution in [0.2, 0.25) is 5.02 Å². The topological polar surface area (TPSA) is 82.5 Å². The molecule has 1 aliphatic heterocycles. The highest BCUT2D eigenvalue weighted by Crippen LogP contribution is 2.29. The van der Waals surface area contributed by atoms with Crippen LogP contribution in [0.5, 0.6) is 5.75 Å². The van der Waals surface area contributed by atoms with Gasteiger partial charge in [0.25, 0.3) is 11.5 Å². The molecule has 33 heavy (non-hydrogen) atoms. The largest absolute Gasteiger partial charge is 0.489 e. The number of rotatable bonds is 9. The van der Waals surface area contributed by atoms with Crippen LogP contribution in [-0.2, 0) is 11.3 Å². The lowest BCUT2D eigenvalue weighted by atomic mass is 10.1. The van der Waals surface area contributed by atoms with Gasteiger partial charge in [0.15, 0.2) is 5.69 Å². The molecule has 0 bridgehead atoms. The van der Waals surface area contributed by atoms with Crippen LogP contribution in [0.1, 0.15) is 49.5 Å². The molecule has 174 valence electrons. The Balaban J connectivity index is 1.63. The van der Waals surface area contributed by atoms with Crippen molar-refractivity contribution in [3.63, 3.8) is 0 Å². The number of fused-ring (bicyclic) bond motifs is 1. The van der Waals surface area contributed by atoms with Crippen molar-refractivity contribution >= 4 is 34.0 Å². The van der Waals surface area contributed by atoms with Gasteiger partial charge in [0.05, 0.1) is 17.2 Å². The van der Waals surface area contributed by atoms with E-state index in [2.05, 4.69) is 17.3 Å². The van der Waals surface area contributed by atoms with E-state index in [1.165, 1.54) is 4.68 Å². The Morgan fingerprint density at radius 1 is 1.24 bits per heavy atom. The summed E-state index contributed by atoms with van der Waals surface area (Å²) >= 11 is 6.19. The van der Waals surface area contributed by atoms with E-state index >= 15 is 0 Å². The lowest BCUT2D eigenvalue weighted by molar-refractivity contribution is 0.0682. The van der Waals surface area contributed by atoms with Crippen LogP contribution in [0, 0.1) is 0 Å². The Kier molecular flexibility index (Phi) is 7.62. The third kappa shape index (κ3) is 5.54. The zero-order valence-corrected chi connectivity index (χ0v) is 19.4. The van der Waals surface area contributed by atoms with Crippen molar-refractivity contribution in [2.45, 2.75) is 51.7 Å². The molecule has 8 heteroatoms. The molecule has 4 rings (SSSR count). The molecule has 7 nitrogen and oxygen atoms in total. The third-order valence-electron chi connectivity index (χ3n) is 5.69. The van der Waals surface area contributed by atoms with Crippen LogP contribution >= 0.6 is 11.6 Å². The summed E-state index contributed by atoms with van der Waals surface area (Å²) in [7, 11) is 0. The maximum absolute atomic E-state index is 13.3. The van der Waals surface area contributed by atoms with Crippen LogP contribution in [0.15, 0.2) is 47.3 Å². The summed E-state index contributed by atoms with van der Waals surface area (Å²) in [6.07, 6.45) is 4.84. The van der Waals surface area contributed by atoms with Crippen LogP contribution in [0.3, 0.4) is 0 Å². The summed E-state index contributed by atoms with van der Waals surface area (Å²) in [6, 6.07) is 12.1. The summed E-state index contributed by atoms with van der Waals surface area (Å²) in [6.45, 7) is 3.70. The molecule has 1 unspecified atom stereocenters. The lowest BCUT2D eigenvalue weighted by Gasteiger charge is -2.16. The molecule has 1 atom stereocenters. The first-order valence-corrected chi connectivity index (χ1v) is 11.8. The predicted octanol–water partition coefficient (Wildman–Crippen LogP) is 5.05. The first-order valence-electron chi connectivity index (χ1n) is 11.4. The smallest absolute Gasteiger partial charge is 0.276 e. The number of ether oxygens (including phenoxy) is 2. The molecule has 1 aromatic heterocycles. The van der Waals surface area contributed by atoms with Gasteiger partial charge in [-0.15, -0.1) is 0 Å². The number of benzene rings is 2. The van der Waals surface area contributed by atoms with E-state index in [-0.39, 0.29) is 17.4 Å². The Morgan fingerprint density at radius 3 is 2.82 bits per heavy atom. The summed E-state index contributed by atoms with van der Waals surface area (Å²) in [5, 5.41) is 8.76. The molecular weight excluding hydrogens is 442 g/mol. The first-order chi connectivity index (χ1) is 16.1. The van der Waals surface area contributed by atoms with Crippen molar-refractivity contribution in [2.75, 3.05) is 18.5 Å². The number of carbonyl (C=O) groups is 1. The normalized spacial score (nSPS) is 15.6. The number of nitrogens with zero attached hydrogens (tertiary/aromatic N) is 2. The van der Waals surface area contributed by atoms with E-state index in [0.29, 0.717) is 40.4 Å². The molecule has 3 aromatic rings. The van der Waals surface area contributed by atoms with Crippen molar-refractivity contribution < 1.29 is 14.3 Å². The minimum atomic E-state index is -0.431. The second kappa shape index (κ2) is 10.8. The van der Waals surface area contributed by atoms with Crippen LogP contribution in [0.4, 0.5) is 5.69 Å². The Labute approximate surface area is 197 Å². The number of halogens is 1. The van der Waals surface area contributed by atoms with Gasteiger partial charge >= 0.3 is 0 Å². The number of hydrogen-bond acceptors (Lipinski definition) is 5. The van der Waals surface area contributed by atoms with Gasteiger partial charge in [-0.1, -0.05) is 49.6 Å². The molecule has 0 aliphatic carbocycles. The van der Waals surface area contributed by atoms with Crippen LogP contribution in [0.25, 0.3) is 10.8 Å². The minimum Gasteiger partial charge on any atom is -0.489 e. The maximum atomic E-state index is 13.3. The average molecular weight is 470 g/mol. The number of aromatic nitrogens is 2. The Morgan fingerprint density at radius 2 is 2.06 bits per heavy atom. The molecule has 0 saturated carbocycles. The molecule has 1 amide bonds. The fourth-order valence-corrected chi connectivity index (χ4v) is 4.10.